The van der Waals surface area contributed by atoms with Crippen LogP contribution in [0.3, 0.4) is 0 Å². The van der Waals surface area contributed by atoms with Crippen molar-refractivity contribution >= 4 is 34.9 Å². The highest BCUT2D eigenvalue weighted by atomic mass is 32.1. The summed E-state index contributed by atoms with van der Waals surface area (Å²) < 4.78 is 5.42. The number of anilines is 1. The topological polar surface area (TPSA) is 87.7 Å². The number of ether oxygens (including phenoxy) is 1. The van der Waals surface area contributed by atoms with Gasteiger partial charge in [0.25, 0.3) is 5.91 Å². The Morgan fingerprint density at radius 3 is 2.46 bits per heavy atom. The summed E-state index contributed by atoms with van der Waals surface area (Å²) in [6, 6.07) is 12.3. The highest BCUT2D eigenvalue weighted by Crippen LogP contribution is 2.19. The van der Waals surface area contributed by atoms with Crippen molar-refractivity contribution in [2.75, 3.05) is 11.9 Å². The second-order valence-corrected chi connectivity index (χ2v) is 5.98. The summed E-state index contributed by atoms with van der Waals surface area (Å²) in [7, 11) is 0. The van der Waals surface area contributed by atoms with Crippen LogP contribution in [0.15, 0.2) is 42.5 Å². The van der Waals surface area contributed by atoms with Crippen LogP contribution in [-0.4, -0.2) is 28.7 Å². The highest BCUT2D eigenvalue weighted by molar-refractivity contribution is 7.80. The van der Waals surface area contributed by atoms with Gasteiger partial charge in [-0.2, -0.15) is 0 Å². The zero-order chi connectivity index (χ0) is 19.1. The van der Waals surface area contributed by atoms with E-state index < -0.39 is 11.9 Å². The van der Waals surface area contributed by atoms with Gasteiger partial charge in [-0.1, -0.05) is 25.1 Å². The lowest BCUT2D eigenvalue weighted by Gasteiger charge is -2.13. The molecule has 26 heavy (non-hydrogen) atoms. The number of hydrogen-bond acceptors (Lipinski definition) is 4. The van der Waals surface area contributed by atoms with Crippen LogP contribution in [0, 0.1) is 6.92 Å². The molecule has 0 aliphatic carbocycles. The predicted octanol–water partition coefficient (Wildman–Crippen LogP) is 3.15. The first-order valence-electron chi connectivity index (χ1n) is 8.06. The average molecular weight is 372 g/mol. The number of aryl methyl sites for hydroxylation is 1. The monoisotopic (exact) mass is 372 g/mol. The molecular formula is C19H20N2O4S. The zero-order valence-corrected chi connectivity index (χ0v) is 15.4. The standard InChI is InChI=1S/C19H20N2O4S/c1-3-13-7-9-14(10-8-13)25-11-17(22)21-19(26)20-16-6-4-5-15(12(16)2)18(23)24/h4-10H,3,11H2,1-2H3,(H,23,24)(H2,20,21,22,26). The summed E-state index contributed by atoms with van der Waals surface area (Å²) >= 11 is 5.10. The molecule has 2 aromatic rings. The molecule has 0 aromatic heterocycles. The number of nitrogens with one attached hydrogen (secondary N) is 2. The predicted molar refractivity (Wildman–Crippen MR) is 104 cm³/mol. The Labute approximate surface area is 157 Å². The Morgan fingerprint density at radius 2 is 1.85 bits per heavy atom. The molecule has 2 aromatic carbocycles. The third-order valence-corrected chi connectivity index (χ3v) is 3.97. The van der Waals surface area contributed by atoms with Gasteiger partial charge in [0.05, 0.1) is 5.56 Å². The lowest BCUT2D eigenvalue weighted by Crippen LogP contribution is -2.37. The van der Waals surface area contributed by atoms with E-state index in [1.54, 1.807) is 19.1 Å². The minimum Gasteiger partial charge on any atom is -0.484 e. The third kappa shape index (κ3) is 5.29. The molecule has 6 nitrogen and oxygen atoms in total. The van der Waals surface area contributed by atoms with E-state index in [0.717, 1.165) is 6.42 Å². The van der Waals surface area contributed by atoms with Crippen molar-refractivity contribution in [1.29, 1.82) is 0 Å². The van der Waals surface area contributed by atoms with Gasteiger partial charge in [0, 0.05) is 5.69 Å². The molecule has 3 N–H and O–H groups in total. The van der Waals surface area contributed by atoms with E-state index in [1.165, 1.54) is 11.6 Å². The molecule has 0 heterocycles. The molecule has 0 aliphatic heterocycles. The van der Waals surface area contributed by atoms with Crippen LogP contribution in [-0.2, 0) is 11.2 Å². The second kappa shape index (κ2) is 8.96. The number of carboxylic acid groups (broad SMARTS) is 1. The van der Waals surface area contributed by atoms with E-state index in [0.29, 0.717) is 17.0 Å². The van der Waals surface area contributed by atoms with E-state index in [9.17, 15) is 9.59 Å². The zero-order valence-electron chi connectivity index (χ0n) is 14.5. The summed E-state index contributed by atoms with van der Waals surface area (Å²) in [4.78, 5) is 23.1. The number of hydrogen-bond donors (Lipinski definition) is 3. The van der Waals surface area contributed by atoms with Gasteiger partial charge in [-0.25, -0.2) is 4.79 Å². The van der Waals surface area contributed by atoms with Crippen molar-refractivity contribution in [1.82, 2.24) is 5.32 Å². The number of thiocarbonyl (C=S) groups is 1. The van der Waals surface area contributed by atoms with Gasteiger partial charge in [0.1, 0.15) is 5.75 Å². The molecule has 2 rings (SSSR count). The first-order valence-corrected chi connectivity index (χ1v) is 8.47. The number of carboxylic acids is 1. The molecule has 0 bridgehead atoms. The molecule has 0 saturated heterocycles. The normalized spacial score (nSPS) is 10.1. The van der Waals surface area contributed by atoms with E-state index in [2.05, 4.69) is 17.6 Å². The van der Waals surface area contributed by atoms with Crippen molar-refractivity contribution in [3.63, 3.8) is 0 Å². The molecular weight excluding hydrogens is 352 g/mol. The number of benzene rings is 2. The molecule has 0 radical (unpaired) electrons. The van der Waals surface area contributed by atoms with E-state index >= 15 is 0 Å². The van der Waals surface area contributed by atoms with Gasteiger partial charge < -0.3 is 15.2 Å². The fraction of sp³-hybridized carbons (Fsp3) is 0.211. The minimum atomic E-state index is -1.02. The van der Waals surface area contributed by atoms with Gasteiger partial charge in [-0.05, 0) is 61.0 Å². The molecule has 0 atom stereocenters. The molecule has 136 valence electrons. The number of amides is 1. The van der Waals surface area contributed by atoms with E-state index in [-0.39, 0.29) is 17.3 Å². The molecule has 0 unspecified atom stereocenters. The Hall–Kier alpha value is -2.93. The van der Waals surface area contributed by atoms with Crippen LogP contribution in [0.5, 0.6) is 5.75 Å². The Balaban J connectivity index is 1.88. The lowest BCUT2D eigenvalue weighted by atomic mass is 10.1. The van der Waals surface area contributed by atoms with Crippen LogP contribution < -0.4 is 15.4 Å². The first-order chi connectivity index (χ1) is 12.4. The fourth-order valence-electron chi connectivity index (χ4n) is 2.29. The minimum absolute atomic E-state index is 0.0746. The Kier molecular flexibility index (Phi) is 6.68. The Bertz CT molecular complexity index is 819. The van der Waals surface area contributed by atoms with Gasteiger partial charge >= 0.3 is 5.97 Å². The summed E-state index contributed by atoms with van der Waals surface area (Å²) in [6.07, 6.45) is 0.934. The molecule has 0 saturated carbocycles. The smallest absolute Gasteiger partial charge is 0.336 e. The van der Waals surface area contributed by atoms with Crippen molar-refractivity contribution < 1.29 is 19.4 Å². The van der Waals surface area contributed by atoms with Crippen LogP contribution in [0.2, 0.25) is 0 Å². The average Bonchev–Trinajstić information content (AvgIpc) is 2.62. The van der Waals surface area contributed by atoms with Crippen LogP contribution in [0.4, 0.5) is 5.69 Å². The lowest BCUT2D eigenvalue weighted by molar-refractivity contribution is -0.121. The van der Waals surface area contributed by atoms with Crippen molar-refractivity contribution in [2.45, 2.75) is 20.3 Å². The second-order valence-electron chi connectivity index (χ2n) is 5.57. The SMILES string of the molecule is CCc1ccc(OCC(=O)NC(=S)Nc2cccc(C(=O)O)c2C)cc1. The maximum absolute atomic E-state index is 11.9. The molecule has 0 aliphatic rings. The summed E-state index contributed by atoms with van der Waals surface area (Å²) in [5, 5.41) is 14.5. The third-order valence-electron chi connectivity index (χ3n) is 3.77. The van der Waals surface area contributed by atoms with Crippen molar-refractivity contribution in [3.05, 3.63) is 59.2 Å². The van der Waals surface area contributed by atoms with Crippen LogP contribution in [0.1, 0.15) is 28.4 Å². The van der Waals surface area contributed by atoms with E-state index in [4.69, 9.17) is 22.1 Å². The van der Waals surface area contributed by atoms with Gasteiger partial charge in [0.2, 0.25) is 0 Å². The van der Waals surface area contributed by atoms with Gasteiger partial charge in [0.15, 0.2) is 11.7 Å². The fourth-order valence-corrected chi connectivity index (χ4v) is 2.51. The molecule has 0 fully saturated rings. The Morgan fingerprint density at radius 1 is 1.15 bits per heavy atom. The number of aromatic carboxylic acids is 1. The van der Waals surface area contributed by atoms with Crippen LogP contribution >= 0.6 is 12.2 Å². The van der Waals surface area contributed by atoms with E-state index in [1.807, 2.05) is 24.3 Å². The molecule has 7 heteroatoms. The van der Waals surface area contributed by atoms with Gasteiger partial charge in [-0.15, -0.1) is 0 Å². The number of rotatable bonds is 6. The highest BCUT2D eigenvalue weighted by Gasteiger charge is 2.12. The van der Waals surface area contributed by atoms with Crippen molar-refractivity contribution in [2.24, 2.45) is 0 Å². The van der Waals surface area contributed by atoms with Crippen molar-refractivity contribution in [3.8, 4) is 5.75 Å². The number of carbonyl (C=O) groups is 2. The molecule has 1 amide bonds. The quantitative estimate of drug-likeness (QED) is 0.675. The largest absolute Gasteiger partial charge is 0.484 e. The maximum Gasteiger partial charge on any atom is 0.336 e. The van der Waals surface area contributed by atoms with Gasteiger partial charge in [-0.3, -0.25) is 10.1 Å². The first kappa shape index (κ1) is 19.4. The maximum atomic E-state index is 11.9. The summed E-state index contributed by atoms with van der Waals surface area (Å²) in [6.45, 7) is 3.55. The summed E-state index contributed by atoms with van der Waals surface area (Å²) in [5.41, 5.74) is 2.41. The summed E-state index contributed by atoms with van der Waals surface area (Å²) in [5.74, 6) is -0.834. The molecule has 0 spiro atoms. The van der Waals surface area contributed by atoms with Crippen LogP contribution in [0.25, 0.3) is 0 Å². The number of carbonyl (C=O) groups excluding carboxylic acids is 1.